The Morgan fingerprint density at radius 1 is 1.45 bits per heavy atom. The van der Waals surface area contributed by atoms with Crippen molar-refractivity contribution in [3.63, 3.8) is 0 Å². The molecule has 112 valence electrons. The number of nitrogens with zero attached hydrogens (tertiary/aromatic N) is 4. The van der Waals surface area contributed by atoms with Gasteiger partial charge in [-0.25, -0.2) is 0 Å². The summed E-state index contributed by atoms with van der Waals surface area (Å²) in [4.78, 5) is 18.2. The molecule has 0 bridgehead atoms. The number of carbonyl (C=O) groups excluding carboxylic acids is 1. The maximum Gasteiger partial charge on any atom is 0.274 e. The number of nitrogens with one attached hydrogen (secondary N) is 1. The van der Waals surface area contributed by atoms with Crippen LogP contribution in [-0.4, -0.2) is 44.2 Å². The summed E-state index contributed by atoms with van der Waals surface area (Å²) in [5.41, 5.74) is 1.05. The van der Waals surface area contributed by atoms with Crippen LogP contribution in [0.2, 0.25) is 0 Å². The molecule has 1 fully saturated rings. The van der Waals surface area contributed by atoms with Crippen molar-refractivity contribution >= 4 is 5.91 Å². The first kappa shape index (κ1) is 12.8. The van der Waals surface area contributed by atoms with Gasteiger partial charge >= 0.3 is 0 Å². The van der Waals surface area contributed by atoms with Crippen LogP contribution in [0.3, 0.4) is 0 Å². The van der Waals surface area contributed by atoms with Gasteiger partial charge in [0.1, 0.15) is 5.69 Å². The van der Waals surface area contributed by atoms with Gasteiger partial charge in [-0.15, -0.1) is 0 Å². The lowest BCUT2D eigenvalue weighted by molar-refractivity contribution is 0.0563. The first-order valence-electron chi connectivity index (χ1n) is 6.89. The fourth-order valence-corrected chi connectivity index (χ4v) is 2.43. The van der Waals surface area contributed by atoms with Crippen LogP contribution in [0.25, 0.3) is 11.5 Å². The van der Waals surface area contributed by atoms with Crippen molar-refractivity contribution < 1.29 is 13.7 Å². The van der Waals surface area contributed by atoms with Gasteiger partial charge in [-0.3, -0.25) is 9.89 Å². The molecule has 1 aliphatic heterocycles. The van der Waals surface area contributed by atoms with Gasteiger partial charge < -0.3 is 13.8 Å². The third-order valence-electron chi connectivity index (χ3n) is 3.64. The zero-order valence-electron chi connectivity index (χ0n) is 11.8. The standard InChI is InChI=1S/C14H13N5O3/c1-8-15-13(22-18-8)9-6-19(7-9)14(20)11-5-10(16-17-11)12-3-2-4-21-12/h2-5,9H,6-7H2,1H3,(H,16,17). The number of likely N-dealkylation sites (tertiary alicyclic amines) is 1. The Labute approximate surface area is 125 Å². The summed E-state index contributed by atoms with van der Waals surface area (Å²) in [6.07, 6.45) is 1.57. The van der Waals surface area contributed by atoms with Gasteiger partial charge in [0.25, 0.3) is 5.91 Å². The van der Waals surface area contributed by atoms with E-state index in [1.807, 2.05) is 0 Å². The molecule has 0 spiro atoms. The maximum atomic E-state index is 12.3. The van der Waals surface area contributed by atoms with Crippen LogP contribution in [0, 0.1) is 6.92 Å². The number of furan rings is 1. The molecule has 1 amide bonds. The third-order valence-corrected chi connectivity index (χ3v) is 3.64. The second-order valence-electron chi connectivity index (χ2n) is 5.23. The molecule has 0 aliphatic carbocycles. The predicted octanol–water partition coefficient (Wildman–Crippen LogP) is 1.60. The highest BCUT2D eigenvalue weighted by Gasteiger charge is 2.36. The molecule has 4 rings (SSSR count). The van der Waals surface area contributed by atoms with Crippen LogP contribution in [-0.2, 0) is 0 Å². The molecule has 3 aromatic rings. The van der Waals surface area contributed by atoms with Crippen LogP contribution >= 0.6 is 0 Å². The van der Waals surface area contributed by atoms with Gasteiger partial charge in [-0.05, 0) is 19.1 Å². The molecule has 8 heteroatoms. The van der Waals surface area contributed by atoms with Crippen molar-refractivity contribution in [2.45, 2.75) is 12.8 Å². The Kier molecular flexibility index (Phi) is 2.81. The summed E-state index contributed by atoms with van der Waals surface area (Å²) in [5, 5.41) is 10.6. The molecule has 0 unspecified atom stereocenters. The van der Waals surface area contributed by atoms with Gasteiger partial charge in [-0.1, -0.05) is 5.16 Å². The Morgan fingerprint density at radius 2 is 2.32 bits per heavy atom. The van der Waals surface area contributed by atoms with Gasteiger partial charge in [0.2, 0.25) is 5.89 Å². The van der Waals surface area contributed by atoms with Crippen molar-refractivity contribution in [1.29, 1.82) is 0 Å². The van der Waals surface area contributed by atoms with Crippen molar-refractivity contribution in [2.24, 2.45) is 0 Å². The zero-order chi connectivity index (χ0) is 15.1. The molecule has 1 N–H and O–H groups in total. The average molecular weight is 299 g/mol. The lowest BCUT2D eigenvalue weighted by Gasteiger charge is -2.36. The number of aromatic amines is 1. The highest BCUT2D eigenvalue weighted by atomic mass is 16.5. The highest BCUT2D eigenvalue weighted by molar-refractivity contribution is 5.93. The normalized spacial score (nSPS) is 15.0. The number of hydrogen-bond donors (Lipinski definition) is 1. The van der Waals surface area contributed by atoms with E-state index in [1.165, 1.54) is 0 Å². The third kappa shape index (κ3) is 2.09. The van der Waals surface area contributed by atoms with Crippen molar-refractivity contribution in [3.05, 3.63) is 41.9 Å². The largest absolute Gasteiger partial charge is 0.463 e. The van der Waals surface area contributed by atoms with Crippen molar-refractivity contribution in [3.8, 4) is 11.5 Å². The first-order chi connectivity index (χ1) is 10.7. The Balaban J connectivity index is 1.43. The zero-order valence-corrected chi connectivity index (χ0v) is 11.8. The summed E-state index contributed by atoms with van der Waals surface area (Å²) >= 11 is 0. The molecule has 0 aromatic carbocycles. The van der Waals surface area contributed by atoms with E-state index in [4.69, 9.17) is 8.94 Å². The molecule has 8 nitrogen and oxygen atoms in total. The summed E-state index contributed by atoms with van der Waals surface area (Å²) in [7, 11) is 0. The molecular formula is C14H13N5O3. The first-order valence-corrected chi connectivity index (χ1v) is 6.89. The molecule has 0 saturated carbocycles. The van der Waals surface area contributed by atoms with Crippen LogP contribution < -0.4 is 0 Å². The minimum atomic E-state index is -0.124. The minimum absolute atomic E-state index is 0.105. The Bertz CT molecular complexity index is 798. The van der Waals surface area contributed by atoms with E-state index >= 15 is 0 Å². The van der Waals surface area contributed by atoms with Gasteiger partial charge in [-0.2, -0.15) is 10.1 Å². The van der Waals surface area contributed by atoms with E-state index in [0.29, 0.717) is 42.0 Å². The van der Waals surface area contributed by atoms with Gasteiger partial charge in [0.15, 0.2) is 17.3 Å². The van der Waals surface area contributed by atoms with Crippen LogP contribution in [0.1, 0.15) is 28.1 Å². The molecule has 1 saturated heterocycles. The van der Waals surface area contributed by atoms with Crippen LogP contribution in [0.5, 0.6) is 0 Å². The number of amides is 1. The molecule has 22 heavy (non-hydrogen) atoms. The topological polar surface area (TPSA) is 101 Å². The van der Waals surface area contributed by atoms with E-state index in [0.717, 1.165) is 0 Å². The Morgan fingerprint density at radius 3 is 3.00 bits per heavy atom. The summed E-state index contributed by atoms with van der Waals surface area (Å²) in [6, 6.07) is 5.27. The average Bonchev–Trinajstić information content (AvgIpc) is 3.17. The Hall–Kier alpha value is -2.90. The van der Waals surface area contributed by atoms with Gasteiger partial charge in [0.05, 0.1) is 12.2 Å². The summed E-state index contributed by atoms with van der Waals surface area (Å²) in [6.45, 7) is 2.89. The van der Waals surface area contributed by atoms with E-state index in [2.05, 4.69) is 20.3 Å². The van der Waals surface area contributed by atoms with Crippen molar-refractivity contribution in [2.75, 3.05) is 13.1 Å². The lowest BCUT2D eigenvalue weighted by Crippen LogP contribution is -2.48. The molecule has 0 atom stereocenters. The summed E-state index contributed by atoms with van der Waals surface area (Å²) in [5.74, 6) is 1.82. The summed E-state index contributed by atoms with van der Waals surface area (Å²) < 4.78 is 10.4. The number of hydrogen-bond acceptors (Lipinski definition) is 6. The molecule has 0 radical (unpaired) electrons. The maximum absolute atomic E-state index is 12.3. The minimum Gasteiger partial charge on any atom is -0.463 e. The van der Waals surface area contributed by atoms with Gasteiger partial charge in [0, 0.05) is 19.2 Å². The predicted molar refractivity (Wildman–Crippen MR) is 74.0 cm³/mol. The van der Waals surface area contributed by atoms with E-state index < -0.39 is 0 Å². The molecule has 4 heterocycles. The number of aryl methyl sites for hydroxylation is 1. The smallest absolute Gasteiger partial charge is 0.274 e. The number of carbonyl (C=O) groups is 1. The number of H-pyrrole nitrogens is 1. The second-order valence-corrected chi connectivity index (χ2v) is 5.23. The fourth-order valence-electron chi connectivity index (χ4n) is 2.43. The monoisotopic (exact) mass is 299 g/mol. The highest BCUT2D eigenvalue weighted by Crippen LogP contribution is 2.27. The quantitative estimate of drug-likeness (QED) is 0.788. The van der Waals surface area contributed by atoms with E-state index in [9.17, 15) is 4.79 Å². The van der Waals surface area contributed by atoms with Crippen LogP contribution in [0.4, 0.5) is 0 Å². The number of aromatic nitrogens is 4. The molecule has 1 aliphatic rings. The number of rotatable bonds is 3. The van der Waals surface area contributed by atoms with Crippen LogP contribution in [0.15, 0.2) is 33.4 Å². The van der Waals surface area contributed by atoms with Crippen molar-refractivity contribution in [1.82, 2.24) is 25.2 Å². The fraction of sp³-hybridized carbons (Fsp3) is 0.286. The van der Waals surface area contributed by atoms with E-state index in [1.54, 1.807) is 36.3 Å². The molecular weight excluding hydrogens is 286 g/mol. The van der Waals surface area contributed by atoms with E-state index in [-0.39, 0.29) is 11.8 Å². The molecule has 3 aromatic heterocycles. The second kappa shape index (κ2) is 4.83. The lowest BCUT2D eigenvalue weighted by atomic mass is 9.99. The SMILES string of the molecule is Cc1noc(C2CN(C(=O)c3cc(-c4ccco4)[nH]n3)C2)n1.